The van der Waals surface area contributed by atoms with Gasteiger partial charge in [-0.3, -0.25) is 9.78 Å². The number of carbonyl (C=O) groups is 1. The first-order valence-corrected chi connectivity index (χ1v) is 8.70. The predicted octanol–water partition coefficient (Wildman–Crippen LogP) is 3.51. The van der Waals surface area contributed by atoms with Gasteiger partial charge in [-0.1, -0.05) is 29.8 Å². The second kappa shape index (κ2) is 6.97. The molecule has 3 heterocycles. The van der Waals surface area contributed by atoms with E-state index in [0.29, 0.717) is 24.2 Å². The molecule has 0 radical (unpaired) electrons. The second-order valence-corrected chi connectivity index (χ2v) is 6.60. The Balaban J connectivity index is 1.59. The highest BCUT2D eigenvalue weighted by molar-refractivity contribution is 6.29. The van der Waals surface area contributed by atoms with Crippen molar-refractivity contribution in [1.29, 1.82) is 0 Å². The van der Waals surface area contributed by atoms with Crippen LogP contribution in [0, 0.1) is 5.82 Å². The number of aromatic nitrogens is 2. The first-order chi connectivity index (χ1) is 12.6. The number of hydrogen-bond donors (Lipinski definition) is 2. The Bertz CT molecular complexity index is 975. The van der Waals surface area contributed by atoms with Gasteiger partial charge in [0, 0.05) is 23.7 Å². The monoisotopic (exact) mass is 370 g/mol. The number of amides is 1. The van der Waals surface area contributed by atoms with Crippen molar-refractivity contribution >= 4 is 34.1 Å². The molecule has 132 valence electrons. The van der Waals surface area contributed by atoms with Gasteiger partial charge in [-0.05, 0) is 36.7 Å². The molecule has 2 N–H and O–H groups in total. The quantitative estimate of drug-likeness (QED) is 0.692. The normalized spacial score (nSPS) is 19.6. The van der Waals surface area contributed by atoms with Gasteiger partial charge < -0.3 is 10.6 Å². The summed E-state index contributed by atoms with van der Waals surface area (Å²) in [4.78, 5) is 21.1. The van der Waals surface area contributed by atoms with E-state index in [1.807, 2.05) is 30.3 Å². The highest BCUT2D eigenvalue weighted by atomic mass is 35.5. The Morgan fingerprint density at radius 3 is 2.96 bits per heavy atom. The summed E-state index contributed by atoms with van der Waals surface area (Å²) in [6.07, 6.45) is 3.94. The number of anilines is 1. The summed E-state index contributed by atoms with van der Waals surface area (Å²) in [6.45, 7) is 0.667. The van der Waals surface area contributed by atoms with Crippen molar-refractivity contribution in [2.75, 3.05) is 11.9 Å². The number of nitrogens with zero attached hydrogens (tertiary/aromatic N) is 2. The van der Waals surface area contributed by atoms with Crippen LogP contribution < -0.4 is 10.6 Å². The third-order valence-electron chi connectivity index (χ3n) is 4.64. The molecule has 0 spiro atoms. The van der Waals surface area contributed by atoms with Crippen LogP contribution in [0.5, 0.6) is 0 Å². The fourth-order valence-electron chi connectivity index (χ4n) is 3.39. The number of carbonyl (C=O) groups excluding carboxylic acids is 1. The molecule has 1 aliphatic heterocycles. The maximum Gasteiger partial charge on any atom is 0.242 e. The zero-order valence-electron chi connectivity index (χ0n) is 13.7. The Kier molecular flexibility index (Phi) is 4.53. The molecule has 1 aromatic carbocycles. The smallest absolute Gasteiger partial charge is 0.242 e. The van der Waals surface area contributed by atoms with Crippen LogP contribution in [0.25, 0.3) is 10.9 Å². The Morgan fingerprint density at radius 1 is 1.27 bits per heavy atom. The molecule has 7 heteroatoms. The van der Waals surface area contributed by atoms with Gasteiger partial charge in [0.05, 0.1) is 17.2 Å². The Morgan fingerprint density at radius 2 is 2.12 bits per heavy atom. The number of hydrogen-bond acceptors (Lipinski definition) is 4. The Labute approximate surface area is 154 Å². The van der Waals surface area contributed by atoms with Gasteiger partial charge in [0.2, 0.25) is 5.91 Å². The third-order valence-corrected chi connectivity index (χ3v) is 4.92. The molecule has 0 saturated carbocycles. The minimum Gasteiger partial charge on any atom is -0.323 e. The van der Waals surface area contributed by atoms with E-state index in [9.17, 15) is 9.18 Å². The molecule has 4 rings (SSSR count). The van der Waals surface area contributed by atoms with Crippen LogP contribution in [0.2, 0.25) is 5.15 Å². The number of pyridine rings is 2. The molecule has 1 aliphatic rings. The van der Waals surface area contributed by atoms with Crippen LogP contribution in [0.15, 0.2) is 48.8 Å². The second-order valence-electron chi connectivity index (χ2n) is 6.24. The molecule has 0 bridgehead atoms. The van der Waals surface area contributed by atoms with Crippen molar-refractivity contribution < 1.29 is 9.18 Å². The number of halogens is 2. The average Bonchev–Trinajstić information content (AvgIpc) is 3.14. The number of para-hydroxylation sites is 1. The van der Waals surface area contributed by atoms with Crippen LogP contribution in [0.4, 0.5) is 10.1 Å². The number of rotatable bonds is 3. The molecule has 3 aromatic rings. The van der Waals surface area contributed by atoms with Crippen molar-refractivity contribution in [3.8, 4) is 0 Å². The van der Waals surface area contributed by atoms with Crippen molar-refractivity contribution in [3.63, 3.8) is 0 Å². The van der Waals surface area contributed by atoms with E-state index in [-0.39, 0.29) is 17.0 Å². The van der Waals surface area contributed by atoms with E-state index in [1.165, 1.54) is 12.3 Å². The van der Waals surface area contributed by atoms with Gasteiger partial charge in [0.1, 0.15) is 0 Å². The van der Waals surface area contributed by atoms with Gasteiger partial charge in [-0.2, -0.15) is 0 Å². The molecular formula is C19H16ClFN4O. The standard InChI is InChI=1S/C19H16ClFN4O/c20-18-14(21)9-12(10-24-18)13-6-8-23-17(13)19(26)25-15-5-1-3-11-4-2-7-22-16(11)15/h1-5,7,9-10,13,17,23H,6,8H2,(H,25,26)/t13-,17-/m1/s1. The predicted molar refractivity (Wildman–Crippen MR) is 98.7 cm³/mol. The van der Waals surface area contributed by atoms with Crippen LogP contribution in [-0.2, 0) is 4.79 Å². The SMILES string of the molecule is O=C(Nc1cccc2cccnc12)[C@@H]1NCC[C@@H]1c1cnc(Cl)c(F)c1. The lowest BCUT2D eigenvalue weighted by Crippen LogP contribution is -2.39. The minimum atomic E-state index is -0.575. The fraction of sp³-hybridized carbons (Fsp3) is 0.211. The van der Waals surface area contributed by atoms with E-state index in [1.54, 1.807) is 6.20 Å². The highest BCUT2D eigenvalue weighted by Gasteiger charge is 2.34. The summed E-state index contributed by atoms with van der Waals surface area (Å²) >= 11 is 5.66. The molecule has 5 nitrogen and oxygen atoms in total. The first kappa shape index (κ1) is 16.9. The maximum absolute atomic E-state index is 13.8. The fourth-order valence-corrected chi connectivity index (χ4v) is 3.50. The van der Waals surface area contributed by atoms with Crippen LogP contribution in [0.3, 0.4) is 0 Å². The summed E-state index contributed by atoms with van der Waals surface area (Å²) in [5, 5.41) is 6.93. The Hall–Kier alpha value is -2.57. The third kappa shape index (κ3) is 3.13. The maximum atomic E-state index is 13.8. The highest BCUT2D eigenvalue weighted by Crippen LogP contribution is 2.30. The summed E-state index contributed by atoms with van der Waals surface area (Å²) in [5.41, 5.74) is 2.05. The average molecular weight is 371 g/mol. The molecule has 0 aliphatic carbocycles. The van der Waals surface area contributed by atoms with Gasteiger partial charge in [-0.25, -0.2) is 9.37 Å². The lowest BCUT2D eigenvalue weighted by atomic mass is 9.92. The molecule has 0 unspecified atom stereocenters. The molecule has 1 amide bonds. The van der Waals surface area contributed by atoms with Crippen LogP contribution in [0.1, 0.15) is 17.9 Å². The number of benzene rings is 1. The van der Waals surface area contributed by atoms with E-state index >= 15 is 0 Å². The molecule has 2 atom stereocenters. The summed E-state index contributed by atoms with van der Waals surface area (Å²) < 4.78 is 13.8. The zero-order chi connectivity index (χ0) is 18.1. The molecule has 26 heavy (non-hydrogen) atoms. The number of fused-ring (bicyclic) bond motifs is 1. The molecule has 1 fully saturated rings. The van der Waals surface area contributed by atoms with Crippen molar-refractivity contribution in [2.45, 2.75) is 18.4 Å². The summed E-state index contributed by atoms with van der Waals surface area (Å²) in [6, 6.07) is 10.3. The van der Waals surface area contributed by atoms with Crippen molar-refractivity contribution in [1.82, 2.24) is 15.3 Å². The van der Waals surface area contributed by atoms with E-state index in [2.05, 4.69) is 20.6 Å². The van der Waals surface area contributed by atoms with Crippen molar-refractivity contribution in [2.24, 2.45) is 0 Å². The summed E-state index contributed by atoms with van der Waals surface area (Å²) in [7, 11) is 0. The van der Waals surface area contributed by atoms with Gasteiger partial charge in [0.25, 0.3) is 0 Å². The zero-order valence-corrected chi connectivity index (χ0v) is 14.5. The minimum absolute atomic E-state index is 0.164. The van der Waals surface area contributed by atoms with Crippen LogP contribution >= 0.6 is 11.6 Å². The largest absolute Gasteiger partial charge is 0.323 e. The van der Waals surface area contributed by atoms with Gasteiger partial charge in [-0.15, -0.1) is 0 Å². The van der Waals surface area contributed by atoms with E-state index in [4.69, 9.17) is 11.6 Å². The molecule has 2 aromatic heterocycles. The molecule has 1 saturated heterocycles. The number of nitrogens with one attached hydrogen (secondary N) is 2. The van der Waals surface area contributed by atoms with Gasteiger partial charge >= 0.3 is 0 Å². The van der Waals surface area contributed by atoms with Gasteiger partial charge in [0.15, 0.2) is 11.0 Å². The van der Waals surface area contributed by atoms with Crippen LogP contribution in [-0.4, -0.2) is 28.5 Å². The lowest BCUT2D eigenvalue weighted by Gasteiger charge is -2.20. The van der Waals surface area contributed by atoms with E-state index in [0.717, 1.165) is 10.9 Å². The summed E-state index contributed by atoms with van der Waals surface area (Å²) in [5.74, 6) is -0.924. The van der Waals surface area contributed by atoms with E-state index < -0.39 is 11.9 Å². The lowest BCUT2D eigenvalue weighted by molar-refractivity contribution is -0.118. The first-order valence-electron chi connectivity index (χ1n) is 8.32. The van der Waals surface area contributed by atoms with Crippen molar-refractivity contribution in [3.05, 3.63) is 65.3 Å². The topological polar surface area (TPSA) is 66.9 Å². The molecular weight excluding hydrogens is 355 g/mol.